The van der Waals surface area contributed by atoms with Gasteiger partial charge in [0.2, 0.25) is 0 Å². The normalized spacial score (nSPS) is 11.8. The van der Waals surface area contributed by atoms with E-state index in [1.165, 1.54) is 6.20 Å². The lowest BCUT2D eigenvalue weighted by Gasteiger charge is -2.00. The van der Waals surface area contributed by atoms with Crippen LogP contribution < -0.4 is 11.0 Å². The first kappa shape index (κ1) is 14.0. The number of anilines is 1. The van der Waals surface area contributed by atoms with Crippen LogP contribution in [0.3, 0.4) is 0 Å². The number of hydrogen-bond donors (Lipinski definition) is 2. The molecule has 20 heavy (non-hydrogen) atoms. The monoisotopic (exact) mass is 288 g/mol. The number of nitrogens with one attached hydrogen (secondary N) is 2. The van der Waals surface area contributed by atoms with Crippen LogP contribution in [0.15, 0.2) is 52.0 Å². The van der Waals surface area contributed by atoms with E-state index in [4.69, 9.17) is 11.6 Å². The Morgan fingerprint density at radius 2 is 2.15 bits per heavy atom. The van der Waals surface area contributed by atoms with Gasteiger partial charge in [0.1, 0.15) is 10.7 Å². The van der Waals surface area contributed by atoms with E-state index < -0.39 is 5.56 Å². The average molecular weight is 289 g/mol. The molecule has 2 aromatic rings. The molecule has 0 amide bonds. The number of aromatic amines is 1. The number of rotatable bonds is 4. The zero-order chi connectivity index (χ0) is 14.4. The maximum absolute atomic E-state index is 11.2. The zero-order valence-corrected chi connectivity index (χ0v) is 11.6. The second-order valence-electron chi connectivity index (χ2n) is 4.10. The van der Waals surface area contributed by atoms with Gasteiger partial charge >= 0.3 is 0 Å². The highest BCUT2D eigenvalue weighted by atomic mass is 35.5. The maximum atomic E-state index is 11.2. The summed E-state index contributed by atoms with van der Waals surface area (Å²) >= 11 is 5.80. The Bertz CT molecular complexity index is 692. The number of hydrogen-bond acceptors (Lipinski definition) is 4. The Morgan fingerprint density at radius 3 is 2.90 bits per heavy atom. The molecule has 5 nitrogen and oxygen atoms in total. The number of hydrazone groups is 1. The van der Waals surface area contributed by atoms with E-state index in [0.717, 1.165) is 11.1 Å². The van der Waals surface area contributed by atoms with Crippen molar-refractivity contribution in [2.24, 2.45) is 5.10 Å². The fourth-order valence-electron chi connectivity index (χ4n) is 1.51. The van der Waals surface area contributed by atoms with E-state index in [2.05, 4.69) is 20.7 Å². The number of nitrogens with zero attached hydrogens (tertiary/aromatic N) is 2. The lowest BCUT2D eigenvalue weighted by molar-refractivity contribution is 0.987. The number of H-pyrrole nitrogens is 1. The van der Waals surface area contributed by atoms with Crippen molar-refractivity contribution < 1.29 is 0 Å². The molecule has 0 aliphatic heterocycles. The summed E-state index contributed by atoms with van der Waals surface area (Å²) < 4.78 is 0. The Labute approximate surface area is 121 Å². The van der Waals surface area contributed by atoms with Crippen LogP contribution >= 0.6 is 11.6 Å². The maximum Gasteiger partial charge on any atom is 0.285 e. The molecule has 0 spiro atoms. The highest BCUT2D eigenvalue weighted by molar-refractivity contribution is 6.32. The second-order valence-corrected chi connectivity index (χ2v) is 4.47. The summed E-state index contributed by atoms with van der Waals surface area (Å²) in [6.07, 6.45) is 5.03. The van der Waals surface area contributed by atoms with Gasteiger partial charge in [0, 0.05) is 0 Å². The van der Waals surface area contributed by atoms with Crippen molar-refractivity contribution in [3.63, 3.8) is 0 Å². The molecule has 0 unspecified atom stereocenters. The molecule has 0 saturated heterocycles. The van der Waals surface area contributed by atoms with Gasteiger partial charge in [0.15, 0.2) is 0 Å². The smallest absolute Gasteiger partial charge is 0.275 e. The summed E-state index contributed by atoms with van der Waals surface area (Å²) in [7, 11) is 0. The molecule has 2 N–H and O–H groups in total. The molecule has 0 bridgehead atoms. The highest BCUT2D eigenvalue weighted by Crippen LogP contribution is 2.14. The first-order valence-electron chi connectivity index (χ1n) is 5.92. The van der Waals surface area contributed by atoms with Crippen LogP contribution in [-0.4, -0.2) is 16.4 Å². The van der Waals surface area contributed by atoms with Crippen molar-refractivity contribution in [2.75, 3.05) is 5.43 Å². The fourth-order valence-corrected chi connectivity index (χ4v) is 1.65. The van der Waals surface area contributed by atoms with Crippen LogP contribution in [0.1, 0.15) is 12.5 Å². The fraction of sp³-hybridized carbons (Fsp3) is 0.0714. The van der Waals surface area contributed by atoms with Crippen molar-refractivity contribution in [2.45, 2.75) is 6.92 Å². The molecular weight excluding hydrogens is 276 g/mol. The number of allylic oxidation sites excluding steroid dienone is 1. The molecule has 0 saturated carbocycles. The third-order valence-corrected chi connectivity index (χ3v) is 2.82. The van der Waals surface area contributed by atoms with E-state index >= 15 is 0 Å². The van der Waals surface area contributed by atoms with Crippen LogP contribution in [0.5, 0.6) is 0 Å². The molecule has 1 aromatic carbocycles. The van der Waals surface area contributed by atoms with E-state index in [1.807, 2.05) is 43.3 Å². The van der Waals surface area contributed by atoms with Crippen molar-refractivity contribution in [3.8, 4) is 0 Å². The predicted molar refractivity (Wildman–Crippen MR) is 82.1 cm³/mol. The van der Waals surface area contributed by atoms with Crippen LogP contribution in [0, 0.1) is 0 Å². The van der Waals surface area contributed by atoms with Gasteiger partial charge in [-0.3, -0.25) is 10.2 Å². The van der Waals surface area contributed by atoms with Gasteiger partial charge in [-0.25, -0.2) is 5.10 Å². The highest BCUT2D eigenvalue weighted by Gasteiger charge is 2.02. The van der Waals surface area contributed by atoms with Gasteiger partial charge in [-0.05, 0) is 18.1 Å². The minimum atomic E-state index is -0.455. The predicted octanol–water partition coefficient (Wildman–Crippen LogP) is 2.92. The largest absolute Gasteiger partial charge is 0.285 e. The Hall–Kier alpha value is -2.40. The van der Waals surface area contributed by atoms with Crippen LogP contribution in [0.2, 0.25) is 5.02 Å². The summed E-state index contributed by atoms with van der Waals surface area (Å²) in [6.45, 7) is 1.93. The van der Waals surface area contributed by atoms with Crippen LogP contribution in [0.25, 0.3) is 6.08 Å². The molecule has 0 fully saturated rings. The summed E-state index contributed by atoms with van der Waals surface area (Å²) in [5.41, 5.74) is 4.64. The van der Waals surface area contributed by atoms with E-state index in [0.29, 0.717) is 5.69 Å². The second kappa shape index (κ2) is 6.68. The molecule has 0 radical (unpaired) electrons. The molecular formula is C14H13ClN4O. The molecule has 0 aliphatic rings. The summed E-state index contributed by atoms with van der Waals surface area (Å²) in [4.78, 5) is 11.2. The molecule has 1 heterocycles. The number of halogens is 1. The summed E-state index contributed by atoms with van der Waals surface area (Å²) in [6, 6.07) is 9.90. The average Bonchev–Trinajstić information content (AvgIpc) is 2.44. The van der Waals surface area contributed by atoms with E-state index in [1.54, 1.807) is 6.21 Å². The van der Waals surface area contributed by atoms with Crippen molar-refractivity contribution >= 4 is 29.6 Å². The first-order valence-corrected chi connectivity index (χ1v) is 6.30. The number of benzene rings is 1. The molecule has 0 aliphatic carbocycles. The molecule has 6 heteroatoms. The topological polar surface area (TPSA) is 70.1 Å². The van der Waals surface area contributed by atoms with Gasteiger partial charge in [-0.1, -0.05) is 48.0 Å². The van der Waals surface area contributed by atoms with E-state index in [9.17, 15) is 4.79 Å². The van der Waals surface area contributed by atoms with Crippen LogP contribution in [-0.2, 0) is 0 Å². The van der Waals surface area contributed by atoms with Crippen molar-refractivity contribution in [1.29, 1.82) is 0 Å². The summed E-state index contributed by atoms with van der Waals surface area (Å²) in [5.74, 6) is 0. The van der Waals surface area contributed by atoms with Gasteiger partial charge in [-0.15, -0.1) is 0 Å². The van der Waals surface area contributed by atoms with Gasteiger partial charge in [0.05, 0.1) is 12.4 Å². The van der Waals surface area contributed by atoms with Crippen molar-refractivity contribution in [3.05, 3.63) is 63.0 Å². The van der Waals surface area contributed by atoms with Crippen molar-refractivity contribution in [1.82, 2.24) is 10.2 Å². The van der Waals surface area contributed by atoms with Gasteiger partial charge in [0.25, 0.3) is 5.56 Å². The van der Waals surface area contributed by atoms with Gasteiger partial charge in [-0.2, -0.15) is 10.2 Å². The minimum absolute atomic E-state index is 0.0295. The van der Waals surface area contributed by atoms with Crippen LogP contribution in [0.4, 0.5) is 5.69 Å². The van der Waals surface area contributed by atoms with Gasteiger partial charge < -0.3 is 0 Å². The molecule has 1 aromatic heterocycles. The first-order chi connectivity index (χ1) is 9.66. The Kier molecular flexibility index (Phi) is 4.68. The standard InChI is InChI=1S/C14H13ClN4O/c1-10(7-11-5-3-2-4-6-11)8-16-18-12-9-17-19-14(20)13(12)15/h2-9H,1H3,(H2,18,19,20)/b10-7+,16-8?. The SMILES string of the molecule is C/C(C=NNc1cn[nH]c(=O)c1Cl)=C\c1ccccc1. The third-order valence-electron chi connectivity index (χ3n) is 2.44. The Morgan fingerprint density at radius 1 is 1.40 bits per heavy atom. The zero-order valence-electron chi connectivity index (χ0n) is 10.8. The van der Waals surface area contributed by atoms with E-state index in [-0.39, 0.29) is 5.02 Å². The Balaban J connectivity index is 2.05. The minimum Gasteiger partial charge on any atom is -0.275 e. The molecule has 0 atom stereocenters. The lowest BCUT2D eigenvalue weighted by Crippen LogP contribution is -2.10. The number of aromatic nitrogens is 2. The molecule has 102 valence electrons. The molecule has 2 rings (SSSR count). The quantitative estimate of drug-likeness (QED) is 0.671. The lowest BCUT2D eigenvalue weighted by atomic mass is 10.1. The summed E-state index contributed by atoms with van der Waals surface area (Å²) in [5, 5.41) is 9.92. The third kappa shape index (κ3) is 3.80.